The van der Waals surface area contributed by atoms with Crippen molar-refractivity contribution in [1.29, 1.82) is 0 Å². The van der Waals surface area contributed by atoms with E-state index in [-0.39, 0.29) is 18.1 Å². The number of nitrogen functional groups attached to an aromatic ring is 1. The highest BCUT2D eigenvalue weighted by Gasteiger charge is 2.30. The third-order valence-electron chi connectivity index (χ3n) is 3.91. The lowest BCUT2D eigenvalue weighted by Gasteiger charge is -2.20. The van der Waals surface area contributed by atoms with Crippen LogP contribution in [0.5, 0.6) is 0 Å². The van der Waals surface area contributed by atoms with Crippen molar-refractivity contribution in [3.63, 3.8) is 0 Å². The minimum atomic E-state index is -0.0587. The van der Waals surface area contributed by atoms with Crippen LogP contribution in [0.1, 0.15) is 23.7 Å². The molecule has 0 radical (unpaired) electrons. The van der Waals surface area contributed by atoms with Crippen molar-refractivity contribution < 1.29 is 9.53 Å². The van der Waals surface area contributed by atoms with Gasteiger partial charge >= 0.3 is 0 Å². The molecule has 0 aromatic heterocycles. The molecule has 1 amide bonds. The normalized spacial score (nSPS) is 20.7. The Bertz CT molecular complexity index is 625. The van der Waals surface area contributed by atoms with Crippen LogP contribution in [0.3, 0.4) is 0 Å². The fraction of sp³-hybridized carbons (Fsp3) is 0.278. The number of carbonyl (C=O) groups excluding carboxylic acids is 1. The van der Waals surface area contributed by atoms with Gasteiger partial charge in [0.15, 0.2) is 0 Å². The molecule has 0 saturated carbocycles. The van der Waals surface area contributed by atoms with Gasteiger partial charge in [-0.3, -0.25) is 4.79 Å². The standard InChI is InChI=1S/C18H20N2O2/c19-15-8-6-13(7-9-15)12-17(21)20-16-10-11-22-18(16)14-4-2-1-3-5-14/h1-9,16,18H,10-12,19H2,(H,20,21). The molecule has 1 aliphatic rings. The molecule has 114 valence electrons. The molecular weight excluding hydrogens is 276 g/mol. The summed E-state index contributed by atoms with van der Waals surface area (Å²) in [6.45, 7) is 0.673. The summed E-state index contributed by atoms with van der Waals surface area (Å²) in [5.41, 5.74) is 8.43. The quantitative estimate of drug-likeness (QED) is 0.852. The van der Waals surface area contributed by atoms with Crippen LogP contribution in [0.15, 0.2) is 54.6 Å². The third-order valence-corrected chi connectivity index (χ3v) is 3.91. The highest BCUT2D eigenvalue weighted by atomic mass is 16.5. The molecule has 3 rings (SSSR count). The number of nitrogens with two attached hydrogens (primary N) is 1. The molecule has 2 aromatic rings. The number of carbonyl (C=O) groups is 1. The van der Waals surface area contributed by atoms with Crippen molar-refractivity contribution in [2.45, 2.75) is 25.0 Å². The minimum Gasteiger partial charge on any atom is -0.399 e. The average Bonchev–Trinajstić information content (AvgIpc) is 2.98. The van der Waals surface area contributed by atoms with Crippen LogP contribution < -0.4 is 11.1 Å². The number of hydrogen-bond acceptors (Lipinski definition) is 3. The zero-order valence-electron chi connectivity index (χ0n) is 12.4. The van der Waals surface area contributed by atoms with Gasteiger partial charge in [-0.15, -0.1) is 0 Å². The Labute approximate surface area is 130 Å². The Balaban J connectivity index is 1.62. The Morgan fingerprint density at radius 3 is 2.59 bits per heavy atom. The Morgan fingerprint density at radius 1 is 1.14 bits per heavy atom. The molecule has 22 heavy (non-hydrogen) atoms. The van der Waals surface area contributed by atoms with Gasteiger partial charge in [0.2, 0.25) is 5.91 Å². The number of hydrogen-bond donors (Lipinski definition) is 2. The molecule has 2 atom stereocenters. The molecule has 0 spiro atoms. The molecule has 2 aromatic carbocycles. The van der Waals surface area contributed by atoms with Crippen LogP contribution in [0.4, 0.5) is 5.69 Å². The molecule has 1 fully saturated rings. The van der Waals surface area contributed by atoms with Gasteiger partial charge in [-0.05, 0) is 29.7 Å². The predicted octanol–water partition coefficient (Wildman–Crippen LogP) is 2.46. The molecule has 1 saturated heterocycles. The molecule has 2 unspecified atom stereocenters. The van der Waals surface area contributed by atoms with Crippen LogP contribution in [0, 0.1) is 0 Å². The van der Waals surface area contributed by atoms with Gasteiger partial charge in [-0.2, -0.15) is 0 Å². The van der Waals surface area contributed by atoms with Gasteiger partial charge in [0.05, 0.1) is 12.5 Å². The van der Waals surface area contributed by atoms with Gasteiger partial charge in [-0.25, -0.2) is 0 Å². The van der Waals surface area contributed by atoms with Crippen molar-refractivity contribution in [2.24, 2.45) is 0 Å². The van der Waals surface area contributed by atoms with E-state index in [9.17, 15) is 4.79 Å². The second kappa shape index (κ2) is 6.62. The van der Waals surface area contributed by atoms with E-state index in [4.69, 9.17) is 10.5 Å². The van der Waals surface area contributed by atoms with E-state index in [2.05, 4.69) is 5.32 Å². The van der Waals surface area contributed by atoms with E-state index in [0.29, 0.717) is 18.7 Å². The summed E-state index contributed by atoms with van der Waals surface area (Å²) in [4.78, 5) is 12.2. The number of benzene rings is 2. The van der Waals surface area contributed by atoms with Crippen molar-refractivity contribution in [3.8, 4) is 0 Å². The SMILES string of the molecule is Nc1ccc(CC(=O)NC2CCOC2c2ccccc2)cc1. The molecular formula is C18H20N2O2. The van der Waals surface area contributed by atoms with Gasteiger partial charge < -0.3 is 15.8 Å². The zero-order chi connectivity index (χ0) is 15.4. The summed E-state index contributed by atoms with van der Waals surface area (Å²) in [7, 11) is 0. The fourth-order valence-corrected chi connectivity index (χ4v) is 2.79. The van der Waals surface area contributed by atoms with Crippen molar-refractivity contribution in [1.82, 2.24) is 5.32 Å². The van der Waals surface area contributed by atoms with E-state index in [1.165, 1.54) is 0 Å². The molecule has 1 heterocycles. The minimum absolute atomic E-state index is 0.0150. The number of ether oxygens (including phenoxy) is 1. The molecule has 0 bridgehead atoms. The number of nitrogens with one attached hydrogen (secondary N) is 1. The van der Waals surface area contributed by atoms with Crippen molar-refractivity contribution in [3.05, 3.63) is 65.7 Å². The summed E-state index contributed by atoms with van der Waals surface area (Å²) in [6.07, 6.45) is 1.14. The maximum Gasteiger partial charge on any atom is 0.224 e. The fourth-order valence-electron chi connectivity index (χ4n) is 2.79. The number of amides is 1. The first-order valence-corrected chi connectivity index (χ1v) is 7.53. The van der Waals surface area contributed by atoms with Crippen LogP contribution in [-0.4, -0.2) is 18.6 Å². The molecule has 1 aliphatic heterocycles. The number of anilines is 1. The van der Waals surface area contributed by atoms with Crippen LogP contribution in [0.2, 0.25) is 0 Å². The smallest absolute Gasteiger partial charge is 0.224 e. The summed E-state index contributed by atoms with van der Waals surface area (Å²) in [5.74, 6) is 0.0150. The van der Waals surface area contributed by atoms with Gasteiger partial charge in [0.25, 0.3) is 0 Å². The summed E-state index contributed by atoms with van der Waals surface area (Å²) in [5, 5.41) is 3.10. The first-order chi connectivity index (χ1) is 10.7. The first-order valence-electron chi connectivity index (χ1n) is 7.53. The topological polar surface area (TPSA) is 64.4 Å². The van der Waals surface area contributed by atoms with Crippen LogP contribution >= 0.6 is 0 Å². The van der Waals surface area contributed by atoms with Crippen LogP contribution in [0.25, 0.3) is 0 Å². The monoisotopic (exact) mass is 296 g/mol. The molecule has 4 heteroatoms. The second-order valence-electron chi connectivity index (χ2n) is 5.58. The highest BCUT2D eigenvalue weighted by Crippen LogP contribution is 2.28. The van der Waals surface area contributed by atoms with E-state index in [1.54, 1.807) is 0 Å². The largest absolute Gasteiger partial charge is 0.399 e. The maximum atomic E-state index is 12.2. The summed E-state index contributed by atoms with van der Waals surface area (Å²) in [6, 6.07) is 17.5. The van der Waals surface area contributed by atoms with Gasteiger partial charge in [-0.1, -0.05) is 42.5 Å². The average molecular weight is 296 g/mol. The van der Waals surface area contributed by atoms with E-state index < -0.39 is 0 Å². The zero-order valence-corrected chi connectivity index (χ0v) is 12.4. The Kier molecular flexibility index (Phi) is 4.39. The summed E-state index contributed by atoms with van der Waals surface area (Å²) >= 11 is 0. The third kappa shape index (κ3) is 3.46. The number of rotatable bonds is 4. The molecule has 4 nitrogen and oxygen atoms in total. The van der Waals surface area contributed by atoms with Crippen molar-refractivity contribution in [2.75, 3.05) is 12.3 Å². The molecule has 0 aliphatic carbocycles. The first kappa shape index (κ1) is 14.6. The van der Waals surface area contributed by atoms with Gasteiger partial charge in [0.1, 0.15) is 6.10 Å². The van der Waals surface area contributed by atoms with E-state index in [1.807, 2.05) is 54.6 Å². The van der Waals surface area contributed by atoms with E-state index in [0.717, 1.165) is 17.5 Å². The van der Waals surface area contributed by atoms with E-state index >= 15 is 0 Å². The summed E-state index contributed by atoms with van der Waals surface area (Å²) < 4.78 is 5.79. The lowest BCUT2D eigenvalue weighted by atomic mass is 10.0. The van der Waals surface area contributed by atoms with Gasteiger partial charge in [0, 0.05) is 12.3 Å². The highest BCUT2D eigenvalue weighted by molar-refractivity contribution is 5.79. The second-order valence-corrected chi connectivity index (χ2v) is 5.58. The van der Waals surface area contributed by atoms with Crippen LogP contribution in [-0.2, 0) is 16.0 Å². The van der Waals surface area contributed by atoms with Crippen molar-refractivity contribution >= 4 is 11.6 Å². The lowest BCUT2D eigenvalue weighted by molar-refractivity contribution is -0.121. The lowest BCUT2D eigenvalue weighted by Crippen LogP contribution is -2.37. The Hall–Kier alpha value is -2.33. The Morgan fingerprint density at radius 2 is 1.86 bits per heavy atom. The maximum absolute atomic E-state index is 12.2. The molecule has 3 N–H and O–H groups in total. The predicted molar refractivity (Wildman–Crippen MR) is 86.2 cm³/mol.